The van der Waals surface area contributed by atoms with E-state index in [9.17, 15) is 4.79 Å². The summed E-state index contributed by atoms with van der Waals surface area (Å²) in [7, 11) is 0. The van der Waals surface area contributed by atoms with E-state index in [1.54, 1.807) is 28.1 Å². The number of rotatable bonds is 5. The summed E-state index contributed by atoms with van der Waals surface area (Å²) in [4.78, 5) is 23.7. The molecule has 1 N–H and O–H groups in total. The molecule has 150 valence electrons. The minimum atomic E-state index is -0.0723. The number of hydrogen-bond donors (Lipinski definition) is 1. The van der Waals surface area contributed by atoms with Gasteiger partial charge in [-0.05, 0) is 25.0 Å². The second kappa shape index (κ2) is 6.58. The lowest BCUT2D eigenvalue weighted by Crippen LogP contribution is -2.41. The molecule has 29 heavy (non-hydrogen) atoms. The van der Waals surface area contributed by atoms with Crippen molar-refractivity contribution in [2.45, 2.75) is 31.1 Å². The van der Waals surface area contributed by atoms with E-state index < -0.39 is 0 Å². The van der Waals surface area contributed by atoms with Crippen LogP contribution < -0.4 is 5.32 Å². The standard InChI is InChI=1S/C20H22N6O2S/c27-19(13-1-2-17-23-12-24-26(17)8-13)22-7-14-15-9-25(10-18-21-5-6-29-18)11-20(15)4-3-16(14)28-20/h1-2,5-6,8,12,14-16H,3-4,7,9-11H2,(H,22,27)/t14-,15+,16+,20+/m0/s1. The van der Waals surface area contributed by atoms with Crippen LogP contribution in [0.3, 0.4) is 0 Å². The van der Waals surface area contributed by atoms with Crippen molar-refractivity contribution in [3.8, 4) is 0 Å². The fourth-order valence-corrected chi connectivity index (χ4v) is 6.12. The molecule has 0 unspecified atom stereocenters. The van der Waals surface area contributed by atoms with Gasteiger partial charge in [-0.2, -0.15) is 5.10 Å². The molecule has 3 aromatic rings. The number of carbonyl (C=O) groups excluding carboxylic acids is 1. The van der Waals surface area contributed by atoms with Crippen molar-refractivity contribution < 1.29 is 9.53 Å². The van der Waals surface area contributed by atoms with E-state index in [0.717, 1.165) is 43.1 Å². The number of carbonyl (C=O) groups is 1. The monoisotopic (exact) mass is 410 g/mol. The zero-order valence-electron chi connectivity index (χ0n) is 15.9. The smallest absolute Gasteiger partial charge is 0.252 e. The Morgan fingerprint density at radius 3 is 3.24 bits per heavy atom. The fraction of sp³-hybridized carbons (Fsp3) is 0.500. The third-order valence-corrected chi connectivity index (χ3v) is 7.50. The largest absolute Gasteiger partial charge is 0.370 e. The van der Waals surface area contributed by atoms with Crippen LogP contribution in [-0.2, 0) is 11.3 Å². The highest BCUT2D eigenvalue weighted by atomic mass is 32.1. The lowest BCUT2D eigenvalue weighted by Gasteiger charge is -2.29. The quantitative estimate of drug-likeness (QED) is 0.688. The number of pyridine rings is 1. The number of likely N-dealkylation sites (tertiary alicyclic amines) is 1. The molecule has 0 radical (unpaired) electrons. The van der Waals surface area contributed by atoms with Crippen molar-refractivity contribution in [3.05, 3.63) is 46.8 Å². The van der Waals surface area contributed by atoms with Gasteiger partial charge in [0.05, 0.1) is 23.8 Å². The van der Waals surface area contributed by atoms with Gasteiger partial charge in [0.1, 0.15) is 11.3 Å². The predicted octanol–water partition coefficient (Wildman–Crippen LogP) is 1.60. The molecule has 6 rings (SSSR count). The maximum Gasteiger partial charge on any atom is 0.252 e. The van der Waals surface area contributed by atoms with Gasteiger partial charge in [-0.15, -0.1) is 11.3 Å². The van der Waals surface area contributed by atoms with Crippen molar-refractivity contribution in [2.24, 2.45) is 11.8 Å². The molecule has 3 saturated heterocycles. The first kappa shape index (κ1) is 17.5. The SMILES string of the molecule is O=C(NC[C@H]1[C@H]2CN(Cc3nccs3)C[C@]23CC[C@H]1O3)c1ccc2ncnn2c1. The average Bonchev–Trinajstić information content (AvgIpc) is 3.51. The molecule has 9 heteroatoms. The van der Waals surface area contributed by atoms with E-state index in [2.05, 4.69) is 25.3 Å². The third-order valence-electron chi connectivity index (χ3n) is 6.73. The van der Waals surface area contributed by atoms with Gasteiger partial charge in [0.25, 0.3) is 5.91 Å². The van der Waals surface area contributed by atoms with Crippen LogP contribution in [0.4, 0.5) is 0 Å². The predicted molar refractivity (Wildman–Crippen MR) is 107 cm³/mol. The zero-order chi connectivity index (χ0) is 19.4. The summed E-state index contributed by atoms with van der Waals surface area (Å²) < 4.78 is 8.12. The summed E-state index contributed by atoms with van der Waals surface area (Å²) in [6.07, 6.45) is 7.56. The highest BCUT2D eigenvalue weighted by molar-refractivity contribution is 7.09. The highest BCUT2D eigenvalue weighted by Gasteiger charge is 2.62. The van der Waals surface area contributed by atoms with Crippen molar-refractivity contribution >= 4 is 22.9 Å². The van der Waals surface area contributed by atoms with E-state index in [1.807, 2.05) is 17.6 Å². The molecule has 0 aromatic carbocycles. The van der Waals surface area contributed by atoms with Crippen molar-refractivity contribution in [1.82, 2.24) is 29.8 Å². The molecule has 1 amide bonds. The van der Waals surface area contributed by atoms with Gasteiger partial charge in [0.15, 0.2) is 5.65 Å². The van der Waals surface area contributed by atoms with E-state index in [-0.39, 0.29) is 17.6 Å². The van der Waals surface area contributed by atoms with Gasteiger partial charge in [0, 0.05) is 49.2 Å². The molecule has 0 aliphatic carbocycles. The normalized spacial score (nSPS) is 30.8. The summed E-state index contributed by atoms with van der Waals surface area (Å²) in [6.45, 7) is 3.53. The lowest BCUT2D eigenvalue weighted by atomic mass is 9.73. The molecule has 0 saturated carbocycles. The number of fused-ring (bicyclic) bond motifs is 2. The highest BCUT2D eigenvalue weighted by Crippen LogP contribution is 2.54. The van der Waals surface area contributed by atoms with Gasteiger partial charge in [-0.25, -0.2) is 14.5 Å². The molecule has 3 fully saturated rings. The van der Waals surface area contributed by atoms with E-state index >= 15 is 0 Å². The Labute approximate surface area is 171 Å². The maximum absolute atomic E-state index is 12.7. The first-order chi connectivity index (χ1) is 14.2. The number of ether oxygens (including phenoxy) is 1. The Balaban J connectivity index is 1.14. The van der Waals surface area contributed by atoms with Crippen LogP contribution in [-0.4, -0.2) is 61.7 Å². The van der Waals surface area contributed by atoms with Crippen molar-refractivity contribution in [3.63, 3.8) is 0 Å². The molecule has 1 spiro atoms. The summed E-state index contributed by atoms with van der Waals surface area (Å²) in [5.41, 5.74) is 1.30. The first-order valence-electron chi connectivity index (χ1n) is 10.1. The number of amides is 1. The Morgan fingerprint density at radius 2 is 2.34 bits per heavy atom. The molecule has 2 bridgehead atoms. The molecule has 8 nitrogen and oxygen atoms in total. The molecular weight excluding hydrogens is 388 g/mol. The van der Waals surface area contributed by atoms with Crippen molar-refractivity contribution in [2.75, 3.05) is 19.6 Å². The molecule has 6 heterocycles. The molecule has 4 atom stereocenters. The van der Waals surface area contributed by atoms with Crippen LogP contribution in [0.25, 0.3) is 5.65 Å². The van der Waals surface area contributed by atoms with Gasteiger partial charge in [-0.1, -0.05) is 0 Å². The second-order valence-electron chi connectivity index (χ2n) is 8.32. The maximum atomic E-state index is 12.7. The summed E-state index contributed by atoms with van der Waals surface area (Å²) in [6, 6.07) is 3.61. The Morgan fingerprint density at radius 1 is 1.38 bits per heavy atom. The molecule has 3 aromatic heterocycles. The van der Waals surface area contributed by atoms with Crippen LogP contribution in [0.2, 0.25) is 0 Å². The summed E-state index contributed by atoms with van der Waals surface area (Å²) in [5, 5.41) is 10.4. The van der Waals surface area contributed by atoms with E-state index in [4.69, 9.17) is 4.74 Å². The fourth-order valence-electron chi connectivity index (χ4n) is 5.47. The van der Waals surface area contributed by atoms with Crippen LogP contribution in [0.15, 0.2) is 36.2 Å². The Bertz CT molecular complexity index is 1050. The number of nitrogens with one attached hydrogen (secondary N) is 1. The second-order valence-corrected chi connectivity index (χ2v) is 9.30. The van der Waals surface area contributed by atoms with Crippen LogP contribution in [0, 0.1) is 11.8 Å². The van der Waals surface area contributed by atoms with Crippen LogP contribution in [0.1, 0.15) is 28.2 Å². The van der Waals surface area contributed by atoms with Gasteiger partial charge >= 0.3 is 0 Å². The van der Waals surface area contributed by atoms with Gasteiger partial charge in [-0.3, -0.25) is 9.69 Å². The van der Waals surface area contributed by atoms with E-state index in [1.165, 1.54) is 6.33 Å². The lowest BCUT2D eigenvalue weighted by molar-refractivity contribution is 0.00212. The average molecular weight is 411 g/mol. The number of aromatic nitrogens is 4. The first-order valence-corrected chi connectivity index (χ1v) is 10.9. The molecule has 3 aliphatic rings. The third kappa shape index (κ3) is 2.87. The molecule has 3 aliphatic heterocycles. The minimum absolute atomic E-state index is 0.0308. The minimum Gasteiger partial charge on any atom is -0.370 e. The summed E-state index contributed by atoms with van der Waals surface area (Å²) in [5.74, 6) is 0.764. The Kier molecular flexibility index (Phi) is 3.97. The van der Waals surface area contributed by atoms with Crippen molar-refractivity contribution in [1.29, 1.82) is 0 Å². The van der Waals surface area contributed by atoms with Crippen LogP contribution >= 0.6 is 11.3 Å². The number of thiazole rings is 1. The topological polar surface area (TPSA) is 84.7 Å². The van der Waals surface area contributed by atoms with E-state index in [0.29, 0.717) is 23.9 Å². The number of nitrogens with zero attached hydrogens (tertiary/aromatic N) is 5. The van der Waals surface area contributed by atoms with Crippen LogP contribution in [0.5, 0.6) is 0 Å². The summed E-state index contributed by atoms with van der Waals surface area (Å²) >= 11 is 1.71. The Hall–Kier alpha value is -2.36. The molecular formula is C20H22N6O2S. The zero-order valence-corrected chi connectivity index (χ0v) is 16.7. The van der Waals surface area contributed by atoms with Gasteiger partial charge in [0.2, 0.25) is 0 Å². The number of hydrogen-bond acceptors (Lipinski definition) is 7. The van der Waals surface area contributed by atoms with Gasteiger partial charge < -0.3 is 10.1 Å².